The number of likely N-dealkylation sites (tertiary alicyclic amines) is 1. The molecule has 2 fully saturated rings. The van der Waals surface area contributed by atoms with Crippen molar-refractivity contribution in [1.82, 2.24) is 10.2 Å². The summed E-state index contributed by atoms with van der Waals surface area (Å²) >= 11 is 0. The van der Waals surface area contributed by atoms with Gasteiger partial charge >= 0.3 is 0 Å². The summed E-state index contributed by atoms with van der Waals surface area (Å²) in [7, 11) is 0. The van der Waals surface area contributed by atoms with Gasteiger partial charge in [-0.15, -0.1) is 0 Å². The number of nitrogens with one attached hydrogen (secondary N) is 1. The summed E-state index contributed by atoms with van der Waals surface area (Å²) in [6.45, 7) is 11.6. The lowest BCUT2D eigenvalue weighted by Gasteiger charge is -2.27. The van der Waals surface area contributed by atoms with Crippen molar-refractivity contribution >= 4 is 0 Å². The topological polar surface area (TPSA) is 24.5 Å². The zero-order valence-corrected chi connectivity index (χ0v) is 12.2. The molecular formula is C15H30N2O. The third-order valence-electron chi connectivity index (χ3n) is 4.25. The molecule has 0 radical (unpaired) electrons. The second-order valence-electron chi connectivity index (χ2n) is 6.42. The highest BCUT2D eigenvalue weighted by Gasteiger charge is 2.25. The molecular weight excluding hydrogens is 224 g/mol. The molecule has 0 aromatic carbocycles. The molecule has 1 unspecified atom stereocenters. The van der Waals surface area contributed by atoms with Gasteiger partial charge < -0.3 is 15.0 Å². The minimum Gasteiger partial charge on any atom is -0.377 e. The maximum Gasteiger partial charge on any atom is 0.0714 e. The lowest BCUT2D eigenvalue weighted by atomic mass is 9.98. The molecule has 3 nitrogen and oxygen atoms in total. The van der Waals surface area contributed by atoms with Crippen molar-refractivity contribution < 1.29 is 4.74 Å². The van der Waals surface area contributed by atoms with E-state index in [0.717, 1.165) is 18.4 Å². The average Bonchev–Trinajstić information content (AvgIpc) is 2.78. The molecule has 0 aliphatic carbocycles. The van der Waals surface area contributed by atoms with E-state index in [2.05, 4.69) is 24.1 Å². The van der Waals surface area contributed by atoms with Gasteiger partial charge in [0.05, 0.1) is 6.10 Å². The lowest BCUT2D eigenvalue weighted by Crippen LogP contribution is -2.35. The van der Waals surface area contributed by atoms with Crippen molar-refractivity contribution in [3.05, 3.63) is 0 Å². The second kappa shape index (κ2) is 7.46. The molecule has 2 aliphatic heterocycles. The SMILES string of the molecule is CC(C)CCOC1CCN(CC2CCNCC2)C1. The molecule has 2 aliphatic rings. The van der Waals surface area contributed by atoms with E-state index in [1.54, 1.807) is 0 Å². The predicted octanol–water partition coefficient (Wildman–Crippen LogP) is 2.12. The lowest BCUT2D eigenvalue weighted by molar-refractivity contribution is 0.0507. The third kappa shape index (κ3) is 4.87. The Morgan fingerprint density at radius 3 is 2.72 bits per heavy atom. The van der Waals surface area contributed by atoms with Crippen molar-refractivity contribution in [2.45, 2.75) is 45.6 Å². The van der Waals surface area contributed by atoms with E-state index in [-0.39, 0.29) is 0 Å². The van der Waals surface area contributed by atoms with Crippen molar-refractivity contribution in [3.8, 4) is 0 Å². The van der Waals surface area contributed by atoms with Crippen LogP contribution in [0.1, 0.15) is 39.5 Å². The first kappa shape index (κ1) is 14.3. The molecule has 0 saturated carbocycles. The van der Waals surface area contributed by atoms with Crippen LogP contribution in [0.5, 0.6) is 0 Å². The van der Waals surface area contributed by atoms with Gasteiger partial charge in [0, 0.05) is 26.2 Å². The van der Waals surface area contributed by atoms with Crippen LogP contribution in [0.15, 0.2) is 0 Å². The van der Waals surface area contributed by atoms with E-state index >= 15 is 0 Å². The van der Waals surface area contributed by atoms with Crippen molar-refractivity contribution in [2.24, 2.45) is 11.8 Å². The standard InChI is InChI=1S/C15H30N2O/c1-13(2)6-10-18-15-5-9-17(12-15)11-14-3-7-16-8-4-14/h13-16H,3-12H2,1-2H3. The summed E-state index contributed by atoms with van der Waals surface area (Å²) in [6.07, 6.45) is 5.66. The number of nitrogens with zero attached hydrogens (tertiary/aromatic N) is 1. The van der Waals surface area contributed by atoms with Crippen LogP contribution in [0.3, 0.4) is 0 Å². The first-order valence-corrected chi connectivity index (χ1v) is 7.78. The Kier molecular flexibility index (Phi) is 5.93. The normalized spacial score (nSPS) is 27.2. The minimum atomic E-state index is 0.505. The van der Waals surface area contributed by atoms with Crippen LogP contribution in [0.2, 0.25) is 0 Å². The molecule has 18 heavy (non-hydrogen) atoms. The van der Waals surface area contributed by atoms with Crippen molar-refractivity contribution in [3.63, 3.8) is 0 Å². The molecule has 1 atom stereocenters. The molecule has 106 valence electrons. The van der Waals surface area contributed by atoms with Crippen LogP contribution in [0.25, 0.3) is 0 Å². The van der Waals surface area contributed by atoms with Crippen molar-refractivity contribution in [2.75, 3.05) is 39.3 Å². The van der Waals surface area contributed by atoms with Crippen LogP contribution < -0.4 is 5.32 Å². The predicted molar refractivity (Wildman–Crippen MR) is 75.8 cm³/mol. The van der Waals surface area contributed by atoms with Gasteiger partial charge in [-0.2, -0.15) is 0 Å². The molecule has 0 aromatic heterocycles. The first-order chi connectivity index (χ1) is 8.74. The number of piperidine rings is 1. The summed E-state index contributed by atoms with van der Waals surface area (Å²) in [5, 5.41) is 3.44. The monoisotopic (exact) mass is 254 g/mol. The second-order valence-corrected chi connectivity index (χ2v) is 6.42. The molecule has 2 rings (SSSR count). The van der Waals surface area contributed by atoms with E-state index in [1.807, 2.05) is 0 Å². The maximum atomic E-state index is 5.98. The van der Waals surface area contributed by atoms with Crippen LogP contribution in [-0.4, -0.2) is 50.3 Å². The molecule has 2 heterocycles. The zero-order chi connectivity index (χ0) is 12.8. The van der Waals surface area contributed by atoms with Crippen molar-refractivity contribution in [1.29, 1.82) is 0 Å². The Bertz CT molecular complexity index is 227. The van der Waals surface area contributed by atoms with Gasteiger partial charge in [-0.1, -0.05) is 13.8 Å². The number of hydrogen-bond acceptors (Lipinski definition) is 3. The summed E-state index contributed by atoms with van der Waals surface area (Å²) < 4.78 is 5.98. The fourth-order valence-electron chi connectivity index (χ4n) is 3.00. The van der Waals surface area contributed by atoms with Gasteiger partial charge in [0.1, 0.15) is 0 Å². The van der Waals surface area contributed by atoms with E-state index in [9.17, 15) is 0 Å². The Morgan fingerprint density at radius 2 is 2.00 bits per heavy atom. The van der Waals surface area contributed by atoms with Gasteiger partial charge in [0.25, 0.3) is 0 Å². The fraction of sp³-hybridized carbons (Fsp3) is 1.00. The van der Waals surface area contributed by atoms with Gasteiger partial charge in [-0.25, -0.2) is 0 Å². The van der Waals surface area contributed by atoms with Gasteiger partial charge in [-0.05, 0) is 50.6 Å². The summed E-state index contributed by atoms with van der Waals surface area (Å²) in [4.78, 5) is 2.62. The molecule has 0 bridgehead atoms. The maximum absolute atomic E-state index is 5.98. The van der Waals surface area contributed by atoms with Crippen LogP contribution in [-0.2, 0) is 4.74 Å². The quantitative estimate of drug-likeness (QED) is 0.786. The highest BCUT2D eigenvalue weighted by molar-refractivity contribution is 4.80. The smallest absolute Gasteiger partial charge is 0.0714 e. The molecule has 0 aromatic rings. The Hall–Kier alpha value is -0.120. The number of hydrogen-bond donors (Lipinski definition) is 1. The first-order valence-electron chi connectivity index (χ1n) is 7.78. The number of rotatable bonds is 6. The number of ether oxygens (including phenoxy) is 1. The Morgan fingerprint density at radius 1 is 1.22 bits per heavy atom. The largest absolute Gasteiger partial charge is 0.377 e. The molecule has 3 heteroatoms. The highest BCUT2D eigenvalue weighted by atomic mass is 16.5. The van der Waals surface area contributed by atoms with Crippen LogP contribution in [0.4, 0.5) is 0 Å². The van der Waals surface area contributed by atoms with Gasteiger partial charge in [-0.3, -0.25) is 0 Å². The average molecular weight is 254 g/mol. The van der Waals surface area contributed by atoms with Crippen LogP contribution >= 0.6 is 0 Å². The molecule has 1 N–H and O–H groups in total. The Labute approximate surface area is 112 Å². The minimum absolute atomic E-state index is 0.505. The van der Waals surface area contributed by atoms with E-state index in [4.69, 9.17) is 4.74 Å². The zero-order valence-electron chi connectivity index (χ0n) is 12.2. The third-order valence-corrected chi connectivity index (χ3v) is 4.25. The fourth-order valence-corrected chi connectivity index (χ4v) is 3.00. The van der Waals surface area contributed by atoms with E-state index in [0.29, 0.717) is 6.10 Å². The van der Waals surface area contributed by atoms with Crippen LogP contribution in [0, 0.1) is 11.8 Å². The Balaban J connectivity index is 1.59. The van der Waals surface area contributed by atoms with E-state index < -0.39 is 0 Å². The molecule has 0 amide bonds. The summed E-state index contributed by atoms with van der Waals surface area (Å²) in [5.74, 6) is 1.68. The summed E-state index contributed by atoms with van der Waals surface area (Å²) in [6, 6.07) is 0. The van der Waals surface area contributed by atoms with Gasteiger partial charge in [0.2, 0.25) is 0 Å². The molecule has 2 saturated heterocycles. The highest BCUT2D eigenvalue weighted by Crippen LogP contribution is 2.19. The van der Waals surface area contributed by atoms with Gasteiger partial charge in [0.15, 0.2) is 0 Å². The summed E-state index contributed by atoms with van der Waals surface area (Å²) in [5.41, 5.74) is 0. The van der Waals surface area contributed by atoms with E-state index in [1.165, 1.54) is 58.4 Å². The molecule has 0 spiro atoms.